The van der Waals surface area contributed by atoms with Gasteiger partial charge in [0.2, 0.25) is 0 Å². The Morgan fingerprint density at radius 1 is 1.22 bits per heavy atom. The van der Waals surface area contributed by atoms with E-state index in [2.05, 4.69) is 10.3 Å². The second-order valence-corrected chi connectivity index (χ2v) is 3.72. The van der Waals surface area contributed by atoms with E-state index in [-0.39, 0.29) is 5.91 Å². The Kier molecular flexibility index (Phi) is 3.64. The summed E-state index contributed by atoms with van der Waals surface area (Å²) in [5.74, 6) is -0.428. The summed E-state index contributed by atoms with van der Waals surface area (Å²) in [6.07, 6.45) is 1.05. The number of hydrogen-bond donors (Lipinski definition) is 2. The molecular weight excluding hydrogens is 233 g/mol. The van der Waals surface area contributed by atoms with E-state index < -0.39 is 5.82 Å². The summed E-state index contributed by atoms with van der Waals surface area (Å²) < 4.78 is 12.6. The Morgan fingerprint density at radius 2 is 1.94 bits per heavy atom. The standard InChI is InChI=1S/C13H12FN3O/c14-11-5-6-12(16-8-11)17-13(18)10-3-1-9(7-15)2-4-10/h1-6,8H,7,15H2,(H,16,17,18). The number of halogens is 1. The molecule has 0 saturated carbocycles. The van der Waals surface area contributed by atoms with Crippen molar-refractivity contribution in [3.8, 4) is 0 Å². The quantitative estimate of drug-likeness (QED) is 0.868. The van der Waals surface area contributed by atoms with Crippen molar-refractivity contribution in [1.82, 2.24) is 4.98 Å². The van der Waals surface area contributed by atoms with E-state index in [4.69, 9.17) is 5.73 Å². The molecule has 1 heterocycles. The van der Waals surface area contributed by atoms with Gasteiger partial charge in [0, 0.05) is 12.1 Å². The van der Waals surface area contributed by atoms with Crippen molar-refractivity contribution in [3.05, 3.63) is 59.5 Å². The number of anilines is 1. The summed E-state index contributed by atoms with van der Waals surface area (Å²) in [5, 5.41) is 2.57. The molecule has 1 amide bonds. The Labute approximate surface area is 104 Å². The Hall–Kier alpha value is -2.27. The number of nitrogens with two attached hydrogens (primary N) is 1. The lowest BCUT2D eigenvalue weighted by atomic mass is 10.1. The monoisotopic (exact) mass is 245 g/mol. The van der Waals surface area contributed by atoms with Gasteiger partial charge in [0.25, 0.3) is 5.91 Å². The number of nitrogens with zero attached hydrogens (tertiary/aromatic N) is 1. The lowest BCUT2D eigenvalue weighted by molar-refractivity contribution is 0.102. The SMILES string of the molecule is NCc1ccc(C(=O)Nc2ccc(F)cn2)cc1. The molecule has 2 aromatic rings. The molecule has 3 N–H and O–H groups in total. The van der Waals surface area contributed by atoms with Crippen LogP contribution in [0.25, 0.3) is 0 Å². The van der Waals surface area contributed by atoms with E-state index in [0.29, 0.717) is 17.9 Å². The van der Waals surface area contributed by atoms with Crippen molar-refractivity contribution < 1.29 is 9.18 Å². The lowest BCUT2D eigenvalue weighted by Gasteiger charge is -2.04. The van der Waals surface area contributed by atoms with Gasteiger partial charge in [-0.15, -0.1) is 0 Å². The predicted octanol–water partition coefficient (Wildman–Crippen LogP) is 1.93. The first-order valence-electron chi connectivity index (χ1n) is 5.41. The third-order valence-electron chi connectivity index (χ3n) is 2.42. The Bertz CT molecular complexity index is 537. The fourth-order valence-corrected chi connectivity index (χ4v) is 1.43. The zero-order valence-electron chi connectivity index (χ0n) is 9.56. The molecule has 0 saturated heterocycles. The van der Waals surface area contributed by atoms with Crippen molar-refractivity contribution in [3.63, 3.8) is 0 Å². The topological polar surface area (TPSA) is 68.0 Å². The van der Waals surface area contributed by atoms with Gasteiger partial charge in [0.15, 0.2) is 0 Å². The highest BCUT2D eigenvalue weighted by Gasteiger charge is 2.06. The summed E-state index contributed by atoms with van der Waals surface area (Å²) in [6, 6.07) is 9.57. The average molecular weight is 245 g/mol. The maximum Gasteiger partial charge on any atom is 0.256 e. The number of hydrogen-bond acceptors (Lipinski definition) is 3. The summed E-state index contributed by atoms with van der Waals surface area (Å²) in [5.41, 5.74) is 6.92. The van der Waals surface area contributed by atoms with Crippen molar-refractivity contribution in [2.24, 2.45) is 5.73 Å². The van der Waals surface area contributed by atoms with Gasteiger partial charge < -0.3 is 11.1 Å². The normalized spacial score (nSPS) is 10.1. The van der Waals surface area contributed by atoms with Crippen LogP contribution in [0.15, 0.2) is 42.6 Å². The van der Waals surface area contributed by atoms with Gasteiger partial charge in [0.05, 0.1) is 6.20 Å². The third kappa shape index (κ3) is 2.89. The molecule has 0 bridgehead atoms. The highest BCUT2D eigenvalue weighted by Crippen LogP contribution is 2.08. The minimum Gasteiger partial charge on any atom is -0.326 e. The Balaban J connectivity index is 2.09. The molecule has 5 heteroatoms. The molecule has 0 aliphatic heterocycles. The molecule has 4 nitrogen and oxygen atoms in total. The molecule has 0 fully saturated rings. The number of benzene rings is 1. The van der Waals surface area contributed by atoms with Crippen LogP contribution >= 0.6 is 0 Å². The summed E-state index contributed by atoms with van der Waals surface area (Å²) in [7, 11) is 0. The molecular formula is C13H12FN3O. The van der Waals surface area contributed by atoms with Crippen molar-refractivity contribution >= 4 is 11.7 Å². The van der Waals surface area contributed by atoms with E-state index in [1.54, 1.807) is 24.3 Å². The van der Waals surface area contributed by atoms with E-state index in [1.807, 2.05) is 0 Å². The molecule has 0 radical (unpaired) electrons. The van der Waals surface area contributed by atoms with Gasteiger partial charge in [-0.3, -0.25) is 4.79 Å². The molecule has 18 heavy (non-hydrogen) atoms. The maximum atomic E-state index is 12.6. The zero-order valence-corrected chi connectivity index (χ0v) is 9.56. The van der Waals surface area contributed by atoms with Gasteiger partial charge in [-0.2, -0.15) is 0 Å². The average Bonchev–Trinajstić information content (AvgIpc) is 2.41. The van der Waals surface area contributed by atoms with Crippen LogP contribution in [0.1, 0.15) is 15.9 Å². The van der Waals surface area contributed by atoms with Crippen LogP contribution in [-0.2, 0) is 6.54 Å². The first-order valence-corrected chi connectivity index (χ1v) is 5.41. The van der Waals surface area contributed by atoms with Crippen LogP contribution in [0.4, 0.5) is 10.2 Å². The van der Waals surface area contributed by atoms with Gasteiger partial charge in [-0.25, -0.2) is 9.37 Å². The number of aromatic nitrogens is 1. The third-order valence-corrected chi connectivity index (χ3v) is 2.42. The molecule has 0 unspecified atom stereocenters. The maximum absolute atomic E-state index is 12.6. The van der Waals surface area contributed by atoms with Crippen molar-refractivity contribution in [1.29, 1.82) is 0 Å². The fourth-order valence-electron chi connectivity index (χ4n) is 1.43. The summed E-state index contributed by atoms with van der Waals surface area (Å²) >= 11 is 0. The van der Waals surface area contributed by atoms with Crippen molar-refractivity contribution in [2.75, 3.05) is 5.32 Å². The second-order valence-electron chi connectivity index (χ2n) is 3.72. The van der Waals surface area contributed by atoms with Crippen LogP contribution in [0.3, 0.4) is 0 Å². The van der Waals surface area contributed by atoms with E-state index >= 15 is 0 Å². The molecule has 1 aromatic heterocycles. The van der Waals surface area contributed by atoms with Crippen LogP contribution in [0.5, 0.6) is 0 Å². The van der Waals surface area contributed by atoms with Crippen LogP contribution in [0, 0.1) is 5.82 Å². The van der Waals surface area contributed by atoms with Gasteiger partial charge >= 0.3 is 0 Å². The highest BCUT2D eigenvalue weighted by atomic mass is 19.1. The van der Waals surface area contributed by atoms with Gasteiger partial charge in [0.1, 0.15) is 11.6 Å². The minimum absolute atomic E-state index is 0.294. The molecule has 0 aliphatic rings. The highest BCUT2D eigenvalue weighted by molar-refractivity contribution is 6.03. The number of pyridine rings is 1. The predicted molar refractivity (Wildman–Crippen MR) is 66.5 cm³/mol. The van der Waals surface area contributed by atoms with Crippen molar-refractivity contribution in [2.45, 2.75) is 6.54 Å². The zero-order chi connectivity index (χ0) is 13.0. The van der Waals surface area contributed by atoms with E-state index in [1.165, 1.54) is 12.1 Å². The van der Waals surface area contributed by atoms with Gasteiger partial charge in [-0.05, 0) is 29.8 Å². The van der Waals surface area contributed by atoms with Gasteiger partial charge in [-0.1, -0.05) is 12.1 Å². The van der Waals surface area contributed by atoms with Crippen LogP contribution in [0.2, 0.25) is 0 Å². The fraction of sp³-hybridized carbons (Fsp3) is 0.0769. The summed E-state index contributed by atoms with van der Waals surface area (Å²) in [4.78, 5) is 15.6. The number of nitrogens with one attached hydrogen (secondary N) is 1. The second kappa shape index (κ2) is 5.37. The largest absolute Gasteiger partial charge is 0.326 e. The molecule has 1 aromatic carbocycles. The molecule has 2 rings (SSSR count). The first kappa shape index (κ1) is 12.2. The first-order chi connectivity index (χ1) is 8.69. The number of carbonyl (C=O) groups is 1. The molecule has 92 valence electrons. The molecule has 0 spiro atoms. The van der Waals surface area contributed by atoms with E-state index in [9.17, 15) is 9.18 Å². The van der Waals surface area contributed by atoms with E-state index in [0.717, 1.165) is 11.8 Å². The van der Waals surface area contributed by atoms with Crippen LogP contribution < -0.4 is 11.1 Å². The number of amides is 1. The number of carbonyl (C=O) groups excluding carboxylic acids is 1. The number of rotatable bonds is 3. The molecule has 0 atom stereocenters. The molecule has 0 aliphatic carbocycles. The minimum atomic E-state index is -0.444. The van der Waals surface area contributed by atoms with Crippen LogP contribution in [-0.4, -0.2) is 10.9 Å². The smallest absolute Gasteiger partial charge is 0.256 e. The summed E-state index contributed by atoms with van der Waals surface area (Å²) in [6.45, 7) is 0.432. The lowest BCUT2D eigenvalue weighted by Crippen LogP contribution is -2.13. The Morgan fingerprint density at radius 3 is 2.50 bits per heavy atom.